The number of rotatable bonds is 4. The highest BCUT2D eigenvalue weighted by molar-refractivity contribution is 7.15. The summed E-state index contributed by atoms with van der Waals surface area (Å²) < 4.78 is 1.66. The van der Waals surface area contributed by atoms with Gasteiger partial charge in [0.2, 0.25) is 10.9 Å². The first-order valence-corrected chi connectivity index (χ1v) is 10.0. The number of benzene rings is 2. The number of amides is 2. The molecule has 0 aliphatic rings. The van der Waals surface area contributed by atoms with E-state index in [0.717, 1.165) is 11.3 Å². The number of carbonyl (C=O) groups excluding carboxylic acids is 2. The molecule has 146 valence electrons. The lowest BCUT2D eigenvalue weighted by Gasteiger charge is -2.04. The molecule has 0 atom stereocenters. The maximum atomic E-state index is 12.4. The van der Waals surface area contributed by atoms with Crippen LogP contribution in [0.5, 0.6) is 0 Å². The number of hydrogen-bond acceptors (Lipinski definition) is 5. The fourth-order valence-electron chi connectivity index (χ4n) is 2.67. The summed E-state index contributed by atoms with van der Waals surface area (Å²) in [5.74, 6) is -0.332. The van der Waals surface area contributed by atoms with Gasteiger partial charge in [0, 0.05) is 29.1 Å². The molecule has 4 rings (SSSR count). The van der Waals surface area contributed by atoms with E-state index in [1.165, 1.54) is 24.3 Å². The van der Waals surface area contributed by atoms with Crippen molar-refractivity contribution in [2.24, 2.45) is 0 Å². The van der Waals surface area contributed by atoms with E-state index in [1.807, 2.05) is 29.6 Å². The maximum Gasteiger partial charge on any atom is 0.258 e. The van der Waals surface area contributed by atoms with Crippen LogP contribution >= 0.6 is 34.5 Å². The molecule has 0 radical (unpaired) electrons. The maximum absolute atomic E-state index is 12.4. The van der Waals surface area contributed by atoms with E-state index in [-0.39, 0.29) is 17.8 Å². The molecule has 0 saturated heterocycles. The Labute approximate surface area is 179 Å². The van der Waals surface area contributed by atoms with E-state index in [4.69, 9.17) is 23.2 Å². The van der Waals surface area contributed by atoms with Gasteiger partial charge in [-0.1, -0.05) is 35.3 Å². The third kappa shape index (κ3) is 4.09. The molecular weight excluding hydrogens is 433 g/mol. The first-order valence-electron chi connectivity index (χ1n) is 8.39. The van der Waals surface area contributed by atoms with E-state index in [1.54, 1.807) is 16.6 Å². The molecule has 0 unspecified atom stereocenters. The Hall–Kier alpha value is -2.94. The summed E-state index contributed by atoms with van der Waals surface area (Å²) in [6.07, 6.45) is 0. The van der Waals surface area contributed by atoms with Gasteiger partial charge >= 0.3 is 0 Å². The summed E-state index contributed by atoms with van der Waals surface area (Å²) in [7, 11) is 0. The average molecular weight is 446 g/mol. The van der Waals surface area contributed by atoms with Crippen LogP contribution in [0, 0.1) is 0 Å². The number of nitrogens with one attached hydrogen (secondary N) is 2. The van der Waals surface area contributed by atoms with Crippen LogP contribution in [0.15, 0.2) is 47.8 Å². The molecule has 0 bridgehead atoms. The topological polar surface area (TPSA) is 88.4 Å². The average Bonchev–Trinajstić information content (AvgIpc) is 3.24. The van der Waals surface area contributed by atoms with Crippen LogP contribution in [-0.2, 0) is 4.79 Å². The van der Waals surface area contributed by atoms with Gasteiger partial charge in [-0.3, -0.25) is 14.9 Å². The first kappa shape index (κ1) is 19.4. The predicted molar refractivity (Wildman–Crippen MR) is 115 cm³/mol. The Morgan fingerprint density at radius 3 is 2.48 bits per heavy atom. The Morgan fingerprint density at radius 2 is 1.79 bits per heavy atom. The van der Waals surface area contributed by atoms with E-state index < -0.39 is 0 Å². The van der Waals surface area contributed by atoms with Gasteiger partial charge in [-0.2, -0.15) is 4.98 Å². The van der Waals surface area contributed by atoms with Crippen LogP contribution < -0.4 is 10.6 Å². The van der Waals surface area contributed by atoms with Gasteiger partial charge in [0.1, 0.15) is 0 Å². The lowest BCUT2D eigenvalue weighted by atomic mass is 10.1. The van der Waals surface area contributed by atoms with Crippen LogP contribution in [0.3, 0.4) is 0 Å². The molecule has 0 fully saturated rings. The second-order valence-electron chi connectivity index (χ2n) is 6.09. The molecule has 2 heterocycles. The SMILES string of the molecule is CC(=O)Nc1ccc(-c2csc3nc(NC(=O)c4ccc(Cl)c(Cl)c4)nn23)cc1. The Morgan fingerprint density at radius 1 is 1.03 bits per heavy atom. The summed E-state index contributed by atoms with van der Waals surface area (Å²) in [6, 6.07) is 12.0. The van der Waals surface area contributed by atoms with Gasteiger partial charge in [0.05, 0.1) is 15.7 Å². The van der Waals surface area contributed by atoms with Crippen molar-refractivity contribution in [3.63, 3.8) is 0 Å². The Balaban J connectivity index is 1.58. The van der Waals surface area contributed by atoms with Gasteiger partial charge in [0.25, 0.3) is 11.9 Å². The van der Waals surface area contributed by atoms with E-state index >= 15 is 0 Å². The molecule has 29 heavy (non-hydrogen) atoms. The summed E-state index contributed by atoms with van der Waals surface area (Å²) in [5.41, 5.74) is 2.78. The third-order valence-corrected chi connectivity index (χ3v) is 5.54. The molecule has 0 saturated carbocycles. The lowest BCUT2D eigenvalue weighted by Crippen LogP contribution is -2.13. The minimum Gasteiger partial charge on any atom is -0.326 e. The molecule has 4 aromatic rings. The first-order chi connectivity index (χ1) is 13.9. The molecule has 2 N–H and O–H groups in total. The van der Waals surface area contributed by atoms with Gasteiger partial charge in [0.15, 0.2) is 0 Å². The molecule has 2 aromatic carbocycles. The molecule has 2 amide bonds. The highest BCUT2D eigenvalue weighted by atomic mass is 35.5. The Bertz CT molecular complexity index is 1230. The molecule has 0 aliphatic carbocycles. The van der Waals surface area contributed by atoms with E-state index in [0.29, 0.717) is 26.3 Å². The Kier molecular flexibility index (Phi) is 5.23. The number of thiazole rings is 1. The van der Waals surface area contributed by atoms with Gasteiger partial charge in [-0.25, -0.2) is 4.52 Å². The normalized spacial score (nSPS) is 10.9. The largest absolute Gasteiger partial charge is 0.326 e. The molecule has 7 nitrogen and oxygen atoms in total. The van der Waals surface area contributed by atoms with Crippen molar-refractivity contribution in [1.29, 1.82) is 0 Å². The molecule has 0 spiro atoms. The predicted octanol–water partition coefficient (Wildman–Crippen LogP) is 4.98. The number of halogens is 2. The summed E-state index contributed by atoms with van der Waals surface area (Å²) in [4.78, 5) is 28.6. The zero-order valence-corrected chi connectivity index (χ0v) is 17.3. The monoisotopic (exact) mass is 445 g/mol. The van der Waals surface area contributed by atoms with Crippen LogP contribution in [0.1, 0.15) is 17.3 Å². The fraction of sp³-hybridized carbons (Fsp3) is 0.0526. The zero-order chi connectivity index (χ0) is 20.5. The van der Waals surface area contributed by atoms with Crippen LogP contribution in [0.4, 0.5) is 11.6 Å². The van der Waals surface area contributed by atoms with Crippen molar-refractivity contribution < 1.29 is 9.59 Å². The van der Waals surface area contributed by atoms with Gasteiger partial charge in [-0.15, -0.1) is 16.4 Å². The van der Waals surface area contributed by atoms with E-state index in [2.05, 4.69) is 20.7 Å². The summed E-state index contributed by atoms with van der Waals surface area (Å²) >= 11 is 13.3. The lowest BCUT2D eigenvalue weighted by molar-refractivity contribution is -0.114. The number of hydrogen-bond donors (Lipinski definition) is 2. The summed E-state index contributed by atoms with van der Waals surface area (Å²) in [5, 5.41) is 12.4. The van der Waals surface area contributed by atoms with Crippen molar-refractivity contribution >= 4 is 62.9 Å². The number of aromatic nitrogens is 3. The molecule has 0 aliphatic heterocycles. The van der Waals surface area contributed by atoms with Crippen molar-refractivity contribution in [1.82, 2.24) is 14.6 Å². The second kappa shape index (κ2) is 7.82. The van der Waals surface area contributed by atoms with Crippen molar-refractivity contribution in [3.8, 4) is 11.3 Å². The number of fused-ring (bicyclic) bond motifs is 1. The smallest absolute Gasteiger partial charge is 0.258 e. The summed E-state index contributed by atoms with van der Waals surface area (Å²) in [6.45, 7) is 1.46. The number of carbonyl (C=O) groups is 2. The highest BCUT2D eigenvalue weighted by Crippen LogP contribution is 2.27. The quantitative estimate of drug-likeness (QED) is 0.463. The van der Waals surface area contributed by atoms with Crippen LogP contribution in [-0.4, -0.2) is 26.4 Å². The molecule has 2 aromatic heterocycles. The van der Waals surface area contributed by atoms with Gasteiger partial charge in [-0.05, 0) is 30.3 Å². The van der Waals surface area contributed by atoms with Gasteiger partial charge < -0.3 is 5.32 Å². The van der Waals surface area contributed by atoms with Crippen molar-refractivity contribution in [2.45, 2.75) is 6.92 Å². The van der Waals surface area contributed by atoms with Crippen LogP contribution in [0.25, 0.3) is 16.2 Å². The minimum atomic E-state index is -0.386. The van der Waals surface area contributed by atoms with Crippen molar-refractivity contribution in [2.75, 3.05) is 10.6 Å². The number of nitrogens with zero attached hydrogens (tertiary/aromatic N) is 3. The van der Waals surface area contributed by atoms with E-state index in [9.17, 15) is 9.59 Å². The highest BCUT2D eigenvalue weighted by Gasteiger charge is 2.15. The van der Waals surface area contributed by atoms with Crippen molar-refractivity contribution in [3.05, 3.63) is 63.5 Å². The fourth-order valence-corrected chi connectivity index (χ4v) is 3.80. The number of anilines is 2. The second-order valence-corrected chi connectivity index (χ2v) is 7.74. The van der Waals surface area contributed by atoms with Crippen LogP contribution in [0.2, 0.25) is 10.0 Å². The molecular formula is C19H13Cl2N5O2S. The molecule has 10 heteroatoms. The zero-order valence-electron chi connectivity index (χ0n) is 14.9. The third-order valence-electron chi connectivity index (χ3n) is 3.99. The standard InChI is InChI=1S/C19H13Cl2N5O2S/c1-10(27)22-13-5-2-11(3-6-13)16-9-29-19-24-18(25-26(16)19)23-17(28)12-4-7-14(20)15(21)8-12/h2-9H,1H3,(H,22,27)(H,23,25,28). The minimum absolute atomic E-state index is 0.130.